The van der Waals surface area contributed by atoms with Crippen molar-refractivity contribution in [2.75, 3.05) is 0 Å². The van der Waals surface area contributed by atoms with Gasteiger partial charge in [-0.1, -0.05) is 12.1 Å². The van der Waals surface area contributed by atoms with Crippen LogP contribution in [0.25, 0.3) is 5.69 Å². The maximum Gasteiger partial charge on any atom is 0.275 e. The second-order valence-electron chi connectivity index (χ2n) is 3.71. The highest BCUT2D eigenvalue weighted by Crippen LogP contribution is 2.38. The van der Waals surface area contributed by atoms with Gasteiger partial charge in [0.25, 0.3) is 5.69 Å². The summed E-state index contributed by atoms with van der Waals surface area (Å²) in [5.74, 6) is -0.601. The van der Waals surface area contributed by atoms with E-state index < -0.39 is 11.5 Å². The van der Waals surface area contributed by atoms with Crippen LogP contribution in [0.3, 0.4) is 0 Å². The fourth-order valence-corrected chi connectivity index (χ4v) is 2.02. The minimum absolute atomic E-state index is 0.156. The van der Waals surface area contributed by atoms with E-state index in [1.54, 1.807) is 25.1 Å². The number of hydrogen-bond donors (Lipinski definition) is 1. The van der Waals surface area contributed by atoms with Crippen molar-refractivity contribution in [2.24, 2.45) is 0 Å². The molecule has 0 fully saturated rings. The summed E-state index contributed by atoms with van der Waals surface area (Å²) in [5, 5.41) is 25.2. The quantitative estimate of drug-likeness (QED) is 0.592. The zero-order valence-corrected chi connectivity index (χ0v) is 7.97. The normalized spacial score (nSPS) is 22.5. The van der Waals surface area contributed by atoms with Crippen molar-refractivity contribution in [3.8, 4) is 11.6 Å². The summed E-state index contributed by atoms with van der Waals surface area (Å²) in [6.07, 6.45) is 0. The Labute approximate surface area is 85.2 Å². The Bertz CT molecular complexity index is 545. The van der Waals surface area contributed by atoms with Gasteiger partial charge in [0.1, 0.15) is 0 Å². The minimum atomic E-state index is -1.33. The molecular weight excluding hydrogens is 196 g/mol. The Morgan fingerprint density at radius 2 is 2.20 bits per heavy atom. The van der Waals surface area contributed by atoms with Gasteiger partial charge in [-0.25, -0.2) is 0 Å². The lowest BCUT2D eigenvalue weighted by molar-refractivity contribution is -0.675. The molecule has 0 aliphatic carbocycles. The highest BCUT2D eigenvalue weighted by molar-refractivity contribution is 5.46. The SMILES string of the molecule is CC1(O)c2ccccc2-[n+]2noc([O-])c21. The van der Waals surface area contributed by atoms with E-state index in [9.17, 15) is 10.2 Å². The number of nitrogens with zero attached hydrogens (tertiary/aromatic N) is 2. The maximum absolute atomic E-state index is 11.4. The first-order valence-electron chi connectivity index (χ1n) is 4.54. The van der Waals surface area contributed by atoms with Crippen LogP contribution in [-0.2, 0) is 5.60 Å². The molecule has 0 amide bonds. The molecule has 0 saturated heterocycles. The highest BCUT2D eigenvalue weighted by atomic mass is 16.6. The average Bonchev–Trinajstić information content (AvgIpc) is 2.69. The molecular formula is C10H8N2O3. The van der Waals surface area contributed by atoms with E-state index in [0.29, 0.717) is 11.3 Å². The number of benzene rings is 1. The molecule has 3 rings (SSSR count). The van der Waals surface area contributed by atoms with Gasteiger partial charge in [0.2, 0.25) is 5.69 Å². The van der Waals surface area contributed by atoms with Crippen LogP contribution in [0.1, 0.15) is 18.2 Å². The van der Waals surface area contributed by atoms with E-state index in [1.165, 1.54) is 4.68 Å². The first kappa shape index (κ1) is 8.43. The van der Waals surface area contributed by atoms with Crippen molar-refractivity contribution in [3.05, 3.63) is 35.5 Å². The topological polar surface area (TPSA) is 73.2 Å². The van der Waals surface area contributed by atoms with Gasteiger partial charge in [0, 0.05) is 6.07 Å². The third-order valence-electron chi connectivity index (χ3n) is 2.73. The van der Waals surface area contributed by atoms with Gasteiger partial charge >= 0.3 is 0 Å². The Hall–Kier alpha value is -1.88. The second kappa shape index (κ2) is 2.38. The molecule has 76 valence electrons. The van der Waals surface area contributed by atoms with E-state index in [1.807, 2.05) is 6.07 Å². The van der Waals surface area contributed by atoms with Crippen molar-refractivity contribution >= 4 is 0 Å². The van der Waals surface area contributed by atoms with Crippen molar-refractivity contribution < 1.29 is 19.4 Å². The van der Waals surface area contributed by atoms with Crippen LogP contribution in [0.4, 0.5) is 0 Å². The molecule has 2 aromatic rings. The van der Waals surface area contributed by atoms with Crippen LogP contribution in [-0.4, -0.2) is 10.4 Å². The van der Waals surface area contributed by atoms with Crippen molar-refractivity contribution in [1.82, 2.24) is 5.27 Å². The Kier molecular flexibility index (Phi) is 1.33. The molecule has 15 heavy (non-hydrogen) atoms. The predicted octanol–water partition coefficient (Wildman–Crippen LogP) is -0.406. The van der Waals surface area contributed by atoms with Crippen LogP contribution >= 0.6 is 0 Å². The van der Waals surface area contributed by atoms with Crippen molar-refractivity contribution in [1.29, 1.82) is 0 Å². The number of rotatable bonds is 0. The number of fused-ring (bicyclic) bond motifs is 3. The molecule has 0 spiro atoms. The molecule has 2 heterocycles. The average molecular weight is 204 g/mol. The summed E-state index contributed by atoms with van der Waals surface area (Å²) in [6, 6.07) is 7.17. The van der Waals surface area contributed by atoms with Crippen LogP contribution in [0.15, 0.2) is 28.8 Å². The van der Waals surface area contributed by atoms with E-state index in [0.717, 1.165) is 0 Å². The zero-order chi connectivity index (χ0) is 10.6. The molecule has 0 radical (unpaired) electrons. The number of para-hydroxylation sites is 1. The molecule has 5 heteroatoms. The van der Waals surface area contributed by atoms with Gasteiger partial charge < -0.3 is 14.7 Å². The van der Waals surface area contributed by atoms with Gasteiger partial charge in [0.15, 0.2) is 11.5 Å². The van der Waals surface area contributed by atoms with Gasteiger partial charge in [-0.2, -0.15) is 0 Å². The lowest BCUT2D eigenvalue weighted by atomic mass is 9.95. The summed E-state index contributed by atoms with van der Waals surface area (Å²) in [6.45, 7) is 1.56. The van der Waals surface area contributed by atoms with Crippen LogP contribution in [0.2, 0.25) is 0 Å². The molecule has 1 N–H and O–H groups in total. The van der Waals surface area contributed by atoms with Crippen molar-refractivity contribution in [2.45, 2.75) is 12.5 Å². The van der Waals surface area contributed by atoms with E-state index >= 15 is 0 Å². The third kappa shape index (κ3) is 0.854. The maximum atomic E-state index is 11.4. The Balaban J connectivity index is 2.43. The summed E-state index contributed by atoms with van der Waals surface area (Å²) in [7, 11) is 0. The van der Waals surface area contributed by atoms with E-state index in [2.05, 4.69) is 9.79 Å². The lowest BCUT2D eigenvalue weighted by Gasteiger charge is -2.12. The zero-order valence-electron chi connectivity index (χ0n) is 7.97. The molecule has 1 aliphatic rings. The van der Waals surface area contributed by atoms with E-state index in [-0.39, 0.29) is 5.69 Å². The standard InChI is InChI=1S/C10H8N2O3/c1-10(14)6-4-2-3-5-7(6)12-8(10)9(13)15-11-12/h2-5,14H,1H3. The summed E-state index contributed by atoms with van der Waals surface area (Å²) < 4.78 is 5.87. The molecule has 1 atom stereocenters. The molecule has 1 unspecified atom stereocenters. The van der Waals surface area contributed by atoms with Gasteiger partial charge in [-0.15, -0.1) is 0 Å². The molecule has 0 bridgehead atoms. The van der Waals surface area contributed by atoms with Gasteiger partial charge in [-0.3, -0.25) is 0 Å². The van der Waals surface area contributed by atoms with Crippen LogP contribution in [0, 0.1) is 0 Å². The third-order valence-corrected chi connectivity index (χ3v) is 2.73. The molecule has 0 saturated carbocycles. The lowest BCUT2D eigenvalue weighted by Crippen LogP contribution is -2.35. The molecule has 5 nitrogen and oxygen atoms in total. The number of aromatic nitrogens is 2. The van der Waals surface area contributed by atoms with Crippen molar-refractivity contribution in [3.63, 3.8) is 0 Å². The number of hydrogen-bond acceptors (Lipinski definition) is 4. The molecule has 1 aromatic heterocycles. The Morgan fingerprint density at radius 1 is 1.47 bits per heavy atom. The summed E-state index contributed by atoms with van der Waals surface area (Å²) in [4.78, 5) is 0. The van der Waals surface area contributed by atoms with Crippen LogP contribution < -0.4 is 9.79 Å². The summed E-state index contributed by atoms with van der Waals surface area (Å²) in [5.41, 5.74) is 0.181. The smallest absolute Gasteiger partial charge is 0.275 e. The fourth-order valence-electron chi connectivity index (χ4n) is 2.02. The first-order chi connectivity index (χ1) is 7.12. The molecule has 1 aliphatic heterocycles. The Morgan fingerprint density at radius 3 is 3.00 bits per heavy atom. The fraction of sp³-hybridized carbons (Fsp3) is 0.200. The van der Waals surface area contributed by atoms with Crippen LogP contribution in [0.5, 0.6) is 5.95 Å². The molecule has 1 aromatic carbocycles. The van der Waals surface area contributed by atoms with Gasteiger partial charge in [0.05, 0.1) is 10.8 Å². The first-order valence-corrected chi connectivity index (χ1v) is 4.54. The summed E-state index contributed by atoms with van der Waals surface area (Å²) >= 11 is 0. The highest BCUT2D eigenvalue weighted by Gasteiger charge is 2.49. The van der Waals surface area contributed by atoms with E-state index in [4.69, 9.17) is 0 Å². The number of aliphatic hydroxyl groups is 1. The largest absolute Gasteiger partial charge is 0.539 e. The minimum Gasteiger partial charge on any atom is -0.539 e. The second-order valence-corrected chi connectivity index (χ2v) is 3.71. The monoisotopic (exact) mass is 204 g/mol. The van der Waals surface area contributed by atoms with Gasteiger partial charge in [-0.05, 0) is 17.7 Å². The predicted molar refractivity (Wildman–Crippen MR) is 46.2 cm³/mol.